The van der Waals surface area contributed by atoms with Crippen molar-refractivity contribution in [1.82, 2.24) is 10.2 Å². The summed E-state index contributed by atoms with van der Waals surface area (Å²) in [5, 5.41) is 12.7. The summed E-state index contributed by atoms with van der Waals surface area (Å²) < 4.78 is 12.7. The first kappa shape index (κ1) is 34.3. The monoisotopic (exact) mass is 663 g/mol. The van der Waals surface area contributed by atoms with E-state index in [-0.39, 0.29) is 50.4 Å². The molecule has 0 unspecified atom stereocenters. The summed E-state index contributed by atoms with van der Waals surface area (Å²) in [4.78, 5) is 58.5. The molecule has 0 aliphatic carbocycles. The van der Waals surface area contributed by atoms with Crippen LogP contribution in [0.25, 0.3) is 0 Å². The van der Waals surface area contributed by atoms with Gasteiger partial charge in [-0.1, -0.05) is 66.2 Å². The van der Waals surface area contributed by atoms with Crippen molar-refractivity contribution < 1.29 is 33.8 Å². The van der Waals surface area contributed by atoms with Gasteiger partial charge in [0, 0.05) is 26.1 Å². The molecule has 0 saturated carbocycles. The van der Waals surface area contributed by atoms with Crippen LogP contribution in [0.3, 0.4) is 0 Å². The number of para-hydroxylation sites is 1. The van der Waals surface area contributed by atoms with Crippen LogP contribution >= 0.6 is 11.6 Å². The van der Waals surface area contributed by atoms with E-state index in [1.807, 2.05) is 30.3 Å². The van der Waals surface area contributed by atoms with Crippen LogP contribution in [0, 0.1) is 11.8 Å². The first-order valence-electron chi connectivity index (χ1n) is 16.2. The van der Waals surface area contributed by atoms with E-state index in [9.17, 15) is 24.3 Å². The Morgan fingerprint density at radius 2 is 1.87 bits per heavy atom. The first-order chi connectivity index (χ1) is 22.8. The number of likely N-dealkylation sites (tertiary alicyclic amines) is 1. The Morgan fingerprint density at radius 3 is 2.57 bits per heavy atom. The van der Waals surface area contributed by atoms with Crippen LogP contribution in [-0.2, 0) is 28.7 Å². The minimum Gasteiger partial charge on any atom is -0.455 e. The van der Waals surface area contributed by atoms with Gasteiger partial charge in [0.2, 0.25) is 11.8 Å². The van der Waals surface area contributed by atoms with Crippen molar-refractivity contribution in [2.24, 2.45) is 11.8 Å². The Kier molecular flexibility index (Phi) is 11.2. The zero-order valence-electron chi connectivity index (χ0n) is 26.4. The zero-order valence-corrected chi connectivity index (χ0v) is 27.1. The number of rotatable bonds is 16. The molecule has 10 nitrogen and oxygen atoms in total. The number of nitrogens with one attached hydrogen (secondary N) is 1. The van der Waals surface area contributed by atoms with Gasteiger partial charge in [0.05, 0.1) is 35.2 Å². The maximum atomic E-state index is 14.6. The molecule has 2 aromatic rings. The van der Waals surface area contributed by atoms with E-state index in [0.717, 1.165) is 0 Å². The van der Waals surface area contributed by atoms with E-state index in [1.54, 1.807) is 36.4 Å². The van der Waals surface area contributed by atoms with E-state index >= 15 is 0 Å². The Morgan fingerprint density at radius 1 is 1.13 bits per heavy atom. The van der Waals surface area contributed by atoms with Gasteiger partial charge in [0.1, 0.15) is 17.7 Å². The lowest BCUT2D eigenvalue weighted by Crippen LogP contribution is -2.56. The maximum Gasteiger partial charge on any atom is 0.313 e. The summed E-state index contributed by atoms with van der Waals surface area (Å²) in [5.41, 5.74) is -0.0743. The second-order valence-corrected chi connectivity index (χ2v) is 12.6. The smallest absolute Gasteiger partial charge is 0.313 e. The van der Waals surface area contributed by atoms with E-state index in [0.29, 0.717) is 48.4 Å². The summed E-state index contributed by atoms with van der Waals surface area (Å²) in [7, 11) is 0. The van der Waals surface area contributed by atoms with Crippen LogP contribution in [0.4, 0.5) is 5.69 Å². The van der Waals surface area contributed by atoms with E-state index in [2.05, 4.69) is 18.5 Å². The number of nitrogens with zero attached hydrogens (tertiary/aromatic N) is 2. The molecule has 3 heterocycles. The molecule has 6 atom stereocenters. The number of amides is 3. The molecule has 0 radical (unpaired) electrons. The standard InChI is InChI=1S/C36H42ClN3O7/c1-3-5-17-29(42)38-23-28(24-13-7-6-8-14-24)46-35(45)30-27-18-19-36(47-27)31(30)33(43)40(21-11-12-22-41)32(36)34(44)39(20-4-2)26-16-10-9-15-25(26)37/h3-4,6-10,13-16,27-28,30-32,41H,1-2,5,11-12,17-23H2,(H,38,42)/t27-,28-,30+,31+,32-,36+/m1/s1. The van der Waals surface area contributed by atoms with Crippen LogP contribution in [-0.4, -0.2) is 77.7 Å². The zero-order chi connectivity index (χ0) is 33.6. The van der Waals surface area contributed by atoms with Gasteiger partial charge >= 0.3 is 5.97 Å². The largest absolute Gasteiger partial charge is 0.455 e. The summed E-state index contributed by atoms with van der Waals surface area (Å²) in [6, 6.07) is 15.1. The van der Waals surface area contributed by atoms with E-state index in [4.69, 9.17) is 21.1 Å². The number of carbonyl (C=O) groups excluding carboxylic acids is 4. The SMILES string of the molecule is C=CCCC(=O)NC[C@@H](OC(=O)[C@@H]1[C@H]2C(=O)N(CCCCO)[C@H](C(=O)N(CC=C)c3ccccc3Cl)[C@]23CC[C@H]1O3)c1ccccc1. The lowest BCUT2D eigenvalue weighted by atomic mass is 9.70. The number of halogens is 1. The number of esters is 1. The maximum absolute atomic E-state index is 14.6. The highest BCUT2D eigenvalue weighted by molar-refractivity contribution is 6.34. The summed E-state index contributed by atoms with van der Waals surface area (Å²) in [6.45, 7) is 7.83. The van der Waals surface area contributed by atoms with Crippen LogP contribution in [0.1, 0.15) is 50.2 Å². The van der Waals surface area contributed by atoms with Crippen molar-refractivity contribution in [2.45, 2.75) is 62.4 Å². The molecular formula is C36H42ClN3O7. The van der Waals surface area contributed by atoms with E-state index < -0.39 is 41.7 Å². The number of ether oxygens (including phenoxy) is 2. The number of carbonyl (C=O) groups is 4. The van der Waals surface area contributed by atoms with Gasteiger partial charge in [-0.2, -0.15) is 0 Å². The summed E-state index contributed by atoms with van der Waals surface area (Å²) >= 11 is 6.54. The second-order valence-electron chi connectivity index (χ2n) is 12.2. The third-order valence-corrected chi connectivity index (χ3v) is 9.64. The molecule has 2 N–H and O–H groups in total. The fourth-order valence-corrected chi connectivity index (χ4v) is 7.47. The van der Waals surface area contributed by atoms with Crippen molar-refractivity contribution >= 4 is 41.0 Å². The minimum atomic E-state index is -1.25. The Balaban J connectivity index is 1.45. The number of fused-ring (bicyclic) bond motifs is 1. The quantitative estimate of drug-likeness (QED) is 0.155. The highest BCUT2D eigenvalue weighted by atomic mass is 35.5. The van der Waals surface area contributed by atoms with Gasteiger partial charge in [0.25, 0.3) is 5.91 Å². The third-order valence-electron chi connectivity index (χ3n) is 9.32. The molecule has 3 amide bonds. The van der Waals surface area contributed by atoms with E-state index in [1.165, 1.54) is 9.80 Å². The van der Waals surface area contributed by atoms with Gasteiger partial charge in [-0.15, -0.1) is 13.2 Å². The fraction of sp³-hybridized carbons (Fsp3) is 0.444. The van der Waals surface area contributed by atoms with Crippen LogP contribution in [0.15, 0.2) is 79.9 Å². The molecule has 1 spiro atoms. The third kappa shape index (κ3) is 6.86. The number of benzene rings is 2. The lowest BCUT2D eigenvalue weighted by Gasteiger charge is -2.37. The van der Waals surface area contributed by atoms with Gasteiger partial charge in [-0.3, -0.25) is 19.2 Å². The second kappa shape index (κ2) is 15.3. The number of anilines is 1. The molecule has 2 aromatic carbocycles. The minimum absolute atomic E-state index is 0.0521. The molecule has 5 rings (SSSR count). The number of hydrogen-bond donors (Lipinski definition) is 2. The molecular weight excluding hydrogens is 622 g/mol. The van der Waals surface area contributed by atoms with Crippen molar-refractivity contribution in [3.63, 3.8) is 0 Å². The molecule has 250 valence electrons. The first-order valence-corrected chi connectivity index (χ1v) is 16.5. The van der Waals surface area contributed by atoms with Gasteiger partial charge in [-0.25, -0.2) is 0 Å². The number of aliphatic hydroxyl groups is 1. The van der Waals surface area contributed by atoms with Gasteiger partial charge in [0.15, 0.2) is 0 Å². The van der Waals surface area contributed by atoms with Crippen LogP contribution < -0.4 is 10.2 Å². The molecule has 3 saturated heterocycles. The number of allylic oxidation sites excluding steroid dienone is 1. The van der Waals surface area contributed by atoms with Crippen LogP contribution in [0.2, 0.25) is 5.02 Å². The number of hydrogen-bond acceptors (Lipinski definition) is 7. The lowest BCUT2D eigenvalue weighted by molar-refractivity contribution is -0.160. The molecule has 3 fully saturated rings. The van der Waals surface area contributed by atoms with Gasteiger partial charge in [-0.05, 0) is 49.8 Å². The van der Waals surface area contributed by atoms with Crippen molar-refractivity contribution in [2.75, 3.05) is 31.1 Å². The molecule has 11 heteroatoms. The molecule has 47 heavy (non-hydrogen) atoms. The molecule has 2 bridgehead atoms. The number of unbranched alkanes of at least 4 members (excludes halogenated alkanes) is 1. The molecule has 3 aliphatic rings. The predicted octanol–water partition coefficient (Wildman–Crippen LogP) is 4.37. The van der Waals surface area contributed by atoms with Crippen LogP contribution in [0.5, 0.6) is 0 Å². The topological polar surface area (TPSA) is 125 Å². The Labute approximate surface area is 280 Å². The van der Waals surface area contributed by atoms with Crippen molar-refractivity contribution in [3.8, 4) is 0 Å². The highest BCUT2D eigenvalue weighted by Gasteiger charge is 2.75. The Hall–Kier alpha value is -3.99. The summed E-state index contributed by atoms with van der Waals surface area (Å²) in [5.74, 6) is -3.41. The summed E-state index contributed by atoms with van der Waals surface area (Å²) in [6.07, 6.45) is 4.40. The average molecular weight is 664 g/mol. The Bertz CT molecular complexity index is 1490. The normalized spacial score (nSPS) is 24.8. The number of aliphatic hydroxyl groups excluding tert-OH is 1. The fourth-order valence-electron chi connectivity index (χ4n) is 7.23. The van der Waals surface area contributed by atoms with Crippen molar-refractivity contribution in [1.29, 1.82) is 0 Å². The van der Waals surface area contributed by atoms with Crippen molar-refractivity contribution in [3.05, 3.63) is 90.5 Å². The average Bonchev–Trinajstić information content (AvgIpc) is 3.72. The highest BCUT2D eigenvalue weighted by Crippen LogP contribution is 2.59. The predicted molar refractivity (Wildman–Crippen MR) is 177 cm³/mol. The molecule has 3 aliphatic heterocycles. The van der Waals surface area contributed by atoms with Gasteiger partial charge < -0.3 is 29.7 Å². The molecule has 0 aromatic heterocycles.